The van der Waals surface area contributed by atoms with Crippen molar-refractivity contribution in [2.24, 2.45) is 4.99 Å². The van der Waals surface area contributed by atoms with Gasteiger partial charge in [0.1, 0.15) is 17.3 Å². The van der Waals surface area contributed by atoms with Gasteiger partial charge in [-0.2, -0.15) is 0 Å². The lowest BCUT2D eigenvalue weighted by Gasteiger charge is -2.28. The molecule has 4 rings (SSSR count). The largest absolute Gasteiger partial charge is 0.545 e. The van der Waals surface area contributed by atoms with E-state index in [1.165, 1.54) is 0 Å². The molecular weight excluding hydrogens is 410 g/mol. The third kappa shape index (κ3) is 5.59. The number of carboxylic acid groups (broad SMARTS) is 2. The molecule has 1 fully saturated rings. The number of hydrogen-bond acceptors (Lipinski definition) is 6. The first-order valence-corrected chi connectivity index (χ1v) is 9.66. The van der Waals surface area contributed by atoms with Crippen molar-refractivity contribution in [1.82, 2.24) is 4.90 Å². The van der Waals surface area contributed by atoms with E-state index in [1.807, 2.05) is 42.5 Å². The van der Waals surface area contributed by atoms with E-state index < -0.39 is 11.9 Å². The summed E-state index contributed by atoms with van der Waals surface area (Å²) in [5, 5.41) is 20.3. The zero-order valence-corrected chi connectivity index (χ0v) is 16.7. The number of halogens is 1. The molecule has 2 aliphatic rings. The number of ether oxygens (including phenoxy) is 1. The Morgan fingerprint density at radius 2 is 1.87 bits per heavy atom. The van der Waals surface area contributed by atoms with Crippen LogP contribution in [0.3, 0.4) is 0 Å². The highest BCUT2D eigenvalue weighted by Gasteiger charge is 2.24. The fourth-order valence-electron chi connectivity index (χ4n) is 3.04. The van der Waals surface area contributed by atoms with Crippen LogP contribution in [0.15, 0.2) is 59.6 Å². The van der Waals surface area contributed by atoms with Gasteiger partial charge in [-0.1, -0.05) is 23.7 Å². The van der Waals surface area contributed by atoms with Crippen molar-refractivity contribution < 1.29 is 29.9 Å². The van der Waals surface area contributed by atoms with Crippen molar-refractivity contribution in [3.8, 4) is 11.5 Å². The van der Waals surface area contributed by atoms with Crippen LogP contribution in [0.5, 0.6) is 11.5 Å². The van der Waals surface area contributed by atoms with Gasteiger partial charge in [0.05, 0.1) is 37.7 Å². The summed E-state index contributed by atoms with van der Waals surface area (Å²) in [4.78, 5) is 26.2. The van der Waals surface area contributed by atoms with E-state index in [1.54, 1.807) is 0 Å². The minimum absolute atomic E-state index is 0.447. The Balaban J connectivity index is 0.000000275. The molecule has 9 heteroatoms. The second kappa shape index (κ2) is 9.91. The van der Waals surface area contributed by atoms with Gasteiger partial charge in [0.15, 0.2) is 5.75 Å². The summed E-state index contributed by atoms with van der Waals surface area (Å²) in [5.74, 6) is -0.260. The van der Waals surface area contributed by atoms with Gasteiger partial charge in [0.25, 0.3) is 0 Å². The lowest BCUT2D eigenvalue weighted by molar-refractivity contribution is -0.661. The van der Waals surface area contributed by atoms with E-state index in [9.17, 15) is 14.7 Å². The minimum Gasteiger partial charge on any atom is -0.545 e. The fraction of sp³-hybridized carbons (Fsp3) is 0.190. The van der Waals surface area contributed by atoms with E-state index in [0.717, 1.165) is 54.8 Å². The highest BCUT2D eigenvalue weighted by Crippen LogP contribution is 2.38. The number of para-hydroxylation sites is 2. The summed E-state index contributed by atoms with van der Waals surface area (Å²) in [7, 11) is 0. The van der Waals surface area contributed by atoms with Crippen molar-refractivity contribution in [1.29, 1.82) is 0 Å². The number of carbonyl (C=O) groups excluding carboxylic acids is 1. The smallest absolute Gasteiger partial charge is 0.328 e. The molecule has 0 unspecified atom stereocenters. The van der Waals surface area contributed by atoms with Gasteiger partial charge in [-0.3, -0.25) is 0 Å². The molecule has 0 radical (unpaired) electrons. The average Bonchev–Trinajstić information content (AvgIpc) is 2.90. The van der Waals surface area contributed by atoms with Crippen molar-refractivity contribution in [2.75, 3.05) is 26.2 Å². The first-order chi connectivity index (χ1) is 14.4. The third-order valence-corrected chi connectivity index (χ3v) is 4.60. The molecule has 0 bridgehead atoms. The van der Waals surface area contributed by atoms with Crippen molar-refractivity contribution in [3.05, 3.63) is 65.2 Å². The molecule has 2 aliphatic heterocycles. The Hall–Kier alpha value is -3.36. The number of nitrogens with two attached hydrogens (primary N) is 1. The van der Waals surface area contributed by atoms with Crippen molar-refractivity contribution >= 4 is 35.1 Å². The fourth-order valence-corrected chi connectivity index (χ4v) is 3.21. The van der Waals surface area contributed by atoms with Gasteiger partial charge in [-0.15, -0.1) is 0 Å². The zero-order chi connectivity index (χ0) is 21.5. The molecule has 30 heavy (non-hydrogen) atoms. The average molecular weight is 430 g/mol. The monoisotopic (exact) mass is 429 g/mol. The number of aliphatic carboxylic acids is 2. The number of quaternary nitrogens is 1. The highest BCUT2D eigenvalue weighted by atomic mass is 35.5. The van der Waals surface area contributed by atoms with E-state index >= 15 is 0 Å². The van der Waals surface area contributed by atoms with E-state index in [4.69, 9.17) is 26.4 Å². The molecule has 0 aromatic heterocycles. The lowest BCUT2D eigenvalue weighted by atomic mass is 10.1. The molecule has 0 saturated carbocycles. The molecule has 2 aromatic carbocycles. The van der Waals surface area contributed by atoms with Crippen LogP contribution in [0.4, 0.5) is 5.69 Å². The Morgan fingerprint density at radius 3 is 2.53 bits per heavy atom. The first kappa shape index (κ1) is 21.4. The Bertz CT molecular complexity index is 984. The third-order valence-electron chi connectivity index (χ3n) is 4.36. The number of benzene rings is 2. The van der Waals surface area contributed by atoms with E-state index in [2.05, 4.69) is 10.2 Å². The zero-order valence-electron chi connectivity index (χ0n) is 16.0. The van der Waals surface area contributed by atoms with Gasteiger partial charge >= 0.3 is 5.97 Å². The second-order valence-electron chi connectivity index (χ2n) is 6.49. The molecule has 156 valence electrons. The number of hydrogen-bond donors (Lipinski definition) is 2. The summed E-state index contributed by atoms with van der Waals surface area (Å²) in [6.07, 6.45) is 0.942. The maximum atomic E-state index is 9.53. The van der Waals surface area contributed by atoms with E-state index in [0.29, 0.717) is 17.2 Å². The lowest BCUT2D eigenvalue weighted by Crippen LogP contribution is -2.89. The number of piperazine rings is 1. The summed E-state index contributed by atoms with van der Waals surface area (Å²) in [5.41, 5.74) is 1.82. The van der Waals surface area contributed by atoms with Gasteiger partial charge in [0.2, 0.25) is 0 Å². The molecule has 0 atom stereocenters. The van der Waals surface area contributed by atoms with Crippen LogP contribution in [0.1, 0.15) is 5.56 Å². The molecule has 0 amide bonds. The topological polar surface area (TPSA) is 119 Å². The molecule has 8 nitrogen and oxygen atoms in total. The Morgan fingerprint density at radius 1 is 1.13 bits per heavy atom. The number of carboxylic acids is 2. The van der Waals surface area contributed by atoms with Crippen LogP contribution >= 0.6 is 11.6 Å². The first-order valence-electron chi connectivity index (χ1n) is 9.28. The maximum Gasteiger partial charge on any atom is 0.328 e. The van der Waals surface area contributed by atoms with Gasteiger partial charge < -0.3 is 30.0 Å². The molecule has 1 saturated heterocycles. The van der Waals surface area contributed by atoms with Crippen LogP contribution in [0, 0.1) is 0 Å². The molecule has 0 aliphatic carbocycles. The second-order valence-corrected chi connectivity index (χ2v) is 6.93. The summed E-state index contributed by atoms with van der Waals surface area (Å²) in [6.45, 7) is 4.12. The normalized spacial score (nSPS) is 15.0. The number of amidine groups is 1. The Kier molecular flexibility index (Phi) is 7.05. The van der Waals surface area contributed by atoms with Crippen molar-refractivity contribution in [3.63, 3.8) is 0 Å². The number of rotatable bonds is 2. The van der Waals surface area contributed by atoms with Gasteiger partial charge in [0, 0.05) is 11.1 Å². The quantitative estimate of drug-likeness (QED) is 0.681. The molecular formula is C21H20ClN3O5. The molecule has 0 spiro atoms. The predicted molar refractivity (Wildman–Crippen MR) is 109 cm³/mol. The van der Waals surface area contributed by atoms with Gasteiger partial charge in [-0.25, -0.2) is 9.79 Å². The van der Waals surface area contributed by atoms with Gasteiger partial charge in [-0.05, 0) is 36.4 Å². The Labute approximate surface area is 178 Å². The van der Waals surface area contributed by atoms with Crippen LogP contribution < -0.4 is 15.2 Å². The van der Waals surface area contributed by atoms with Crippen LogP contribution in [-0.4, -0.2) is 54.0 Å². The summed E-state index contributed by atoms with van der Waals surface area (Å²) < 4.78 is 6.07. The van der Waals surface area contributed by atoms with Crippen LogP contribution in [0.25, 0.3) is 0 Å². The standard InChI is InChI=1S/C17H16ClN3O.C4H4O4/c18-12-5-6-15-13(11-12)17(21-9-7-19-8-10-21)20-14-3-1-2-4-16(14)22-15;5-3(6)1-2-4(7)8/h1-6,11,19H,7-10H2;1-2H,(H,5,6)(H,7,8)/b;2-1-. The van der Waals surface area contributed by atoms with Crippen molar-refractivity contribution in [2.45, 2.75) is 0 Å². The van der Waals surface area contributed by atoms with Crippen LogP contribution in [0.2, 0.25) is 5.02 Å². The summed E-state index contributed by atoms with van der Waals surface area (Å²) in [6, 6.07) is 13.6. The molecule has 2 aromatic rings. The molecule has 2 heterocycles. The molecule has 3 N–H and O–H groups in total. The number of nitrogens with zero attached hydrogens (tertiary/aromatic N) is 2. The number of fused-ring (bicyclic) bond motifs is 2. The number of aliphatic imine (C=N–C) groups is 1. The maximum absolute atomic E-state index is 9.53. The SMILES string of the molecule is Clc1ccc2c(c1)C(N1CC[NH2+]CC1)=Nc1ccccc1O2.O=C([O-])/C=C\C(=O)O. The highest BCUT2D eigenvalue weighted by molar-refractivity contribution is 6.31. The predicted octanol–water partition coefficient (Wildman–Crippen LogP) is 0.780. The summed E-state index contributed by atoms with van der Waals surface area (Å²) >= 11 is 6.21. The minimum atomic E-state index is -1.51. The van der Waals surface area contributed by atoms with E-state index in [-0.39, 0.29) is 0 Å². The number of carbonyl (C=O) groups is 2. The van der Waals surface area contributed by atoms with Crippen LogP contribution in [-0.2, 0) is 9.59 Å².